The molecule has 7 atom stereocenters. The van der Waals surface area contributed by atoms with Crippen LogP contribution in [0.2, 0.25) is 0 Å². The van der Waals surface area contributed by atoms with E-state index in [4.69, 9.17) is 18.9 Å². The van der Waals surface area contributed by atoms with Crippen molar-refractivity contribution in [3.63, 3.8) is 0 Å². The van der Waals surface area contributed by atoms with Gasteiger partial charge in [0.2, 0.25) is 0 Å². The molecule has 0 aromatic rings. The first-order chi connectivity index (χ1) is 14.7. The number of esters is 1. The van der Waals surface area contributed by atoms with Gasteiger partial charge in [-0.25, -0.2) is 4.79 Å². The van der Waals surface area contributed by atoms with Crippen LogP contribution in [0.3, 0.4) is 0 Å². The molecule has 4 aliphatic carbocycles. The summed E-state index contributed by atoms with van der Waals surface area (Å²) in [4.78, 5) is 24.1. The predicted molar refractivity (Wildman–Crippen MR) is 117 cm³/mol. The van der Waals surface area contributed by atoms with Crippen LogP contribution in [-0.4, -0.2) is 37.5 Å². The molecule has 6 nitrogen and oxygen atoms in total. The third kappa shape index (κ3) is 2.97. The van der Waals surface area contributed by atoms with E-state index in [9.17, 15) is 9.59 Å². The summed E-state index contributed by atoms with van der Waals surface area (Å²) in [6.45, 7) is 4.10. The molecule has 3 saturated carbocycles. The molecule has 0 aromatic heterocycles. The van der Waals surface area contributed by atoms with E-state index in [0.717, 1.165) is 44.9 Å². The molecule has 6 heteroatoms. The molecule has 0 N–H and O–H groups in total. The lowest BCUT2D eigenvalue weighted by Gasteiger charge is -2.55. The first-order valence-corrected chi connectivity index (χ1v) is 11.7. The van der Waals surface area contributed by atoms with Crippen molar-refractivity contribution in [2.75, 3.05) is 14.2 Å². The largest absolute Gasteiger partial charge is 0.466 e. The highest BCUT2D eigenvalue weighted by molar-refractivity contribution is 5.91. The zero-order valence-electron chi connectivity index (χ0n) is 19.1. The number of ketones is 1. The van der Waals surface area contributed by atoms with Crippen molar-refractivity contribution < 1.29 is 31.4 Å². The smallest absolute Gasteiger partial charge is 0.333 e. The SMILES string of the molecule is COC(=O)/C=C1/OC(C)(OC)O[C@@]12CCC1[C@@H]3CCC4=CC(=O)CC[C@@H]4C3CC[C@@]12C.[HH].[HH]. The van der Waals surface area contributed by atoms with Crippen LogP contribution in [0.5, 0.6) is 0 Å². The third-order valence-corrected chi connectivity index (χ3v) is 9.29. The van der Waals surface area contributed by atoms with Gasteiger partial charge in [0.1, 0.15) is 11.4 Å². The van der Waals surface area contributed by atoms with Crippen molar-refractivity contribution in [3.8, 4) is 0 Å². The number of methoxy groups -OCH3 is 2. The van der Waals surface area contributed by atoms with Gasteiger partial charge in [-0.3, -0.25) is 4.79 Å². The van der Waals surface area contributed by atoms with Crippen molar-refractivity contribution in [3.05, 3.63) is 23.5 Å². The van der Waals surface area contributed by atoms with Gasteiger partial charge in [-0.1, -0.05) is 12.5 Å². The average molecular weight is 435 g/mol. The average Bonchev–Trinajstić information content (AvgIpc) is 3.22. The highest BCUT2D eigenvalue weighted by Gasteiger charge is 2.70. The van der Waals surface area contributed by atoms with Gasteiger partial charge in [-0.2, -0.15) is 0 Å². The molecular weight excluding hydrogens is 396 g/mol. The van der Waals surface area contributed by atoms with Crippen LogP contribution in [0, 0.1) is 29.1 Å². The van der Waals surface area contributed by atoms with Crippen LogP contribution in [-0.2, 0) is 28.5 Å². The second-order valence-electron chi connectivity index (χ2n) is 10.4. The van der Waals surface area contributed by atoms with Gasteiger partial charge < -0.3 is 18.9 Å². The Balaban J connectivity index is 0.00000153. The Morgan fingerprint density at radius 1 is 1.13 bits per heavy atom. The Labute approximate surface area is 187 Å². The van der Waals surface area contributed by atoms with E-state index >= 15 is 0 Å². The topological polar surface area (TPSA) is 71.1 Å². The molecule has 0 bridgehead atoms. The molecule has 3 unspecified atom stereocenters. The van der Waals surface area contributed by atoms with Crippen LogP contribution in [0.25, 0.3) is 0 Å². The lowest BCUT2D eigenvalue weighted by Crippen LogP contribution is -2.54. The zero-order chi connectivity index (χ0) is 22.0. The third-order valence-electron chi connectivity index (χ3n) is 9.29. The predicted octanol–water partition coefficient (Wildman–Crippen LogP) is 4.78. The molecule has 0 aromatic carbocycles. The lowest BCUT2D eigenvalue weighted by atomic mass is 9.50. The maximum Gasteiger partial charge on any atom is 0.333 e. The molecule has 0 radical (unpaired) electrons. The summed E-state index contributed by atoms with van der Waals surface area (Å²) in [5, 5.41) is 0. The van der Waals surface area contributed by atoms with Crippen molar-refractivity contribution in [1.82, 2.24) is 0 Å². The Morgan fingerprint density at radius 3 is 2.68 bits per heavy atom. The molecule has 1 aliphatic heterocycles. The Hall–Kier alpha value is -1.66. The van der Waals surface area contributed by atoms with Gasteiger partial charge in [0.15, 0.2) is 5.78 Å². The van der Waals surface area contributed by atoms with Crippen molar-refractivity contribution in [2.24, 2.45) is 29.1 Å². The quantitative estimate of drug-likeness (QED) is 0.460. The summed E-state index contributed by atoms with van der Waals surface area (Å²) >= 11 is 0. The number of ether oxygens (including phenoxy) is 4. The van der Waals surface area contributed by atoms with Gasteiger partial charge in [-0.15, -0.1) is 0 Å². The van der Waals surface area contributed by atoms with Gasteiger partial charge in [0.25, 0.3) is 0 Å². The molecule has 31 heavy (non-hydrogen) atoms. The summed E-state index contributed by atoms with van der Waals surface area (Å²) in [5.74, 6) is 1.53. The fourth-order valence-electron chi connectivity index (χ4n) is 7.82. The van der Waals surface area contributed by atoms with E-state index < -0.39 is 17.5 Å². The highest BCUT2D eigenvalue weighted by Crippen LogP contribution is 2.69. The maximum absolute atomic E-state index is 12.2. The first-order valence-electron chi connectivity index (χ1n) is 11.7. The Bertz CT molecular complexity index is 871. The summed E-state index contributed by atoms with van der Waals surface area (Å²) in [6.07, 6.45) is 11.3. The second kappa shape index (κ2) is 7.17. The first kappa shape index (κ1) is 21.2. The van der Waals surface area contributed by atoms with Gasteiger partial charge in [0, 0.05) is 28.7 Å². The summed E-state index contributed by atoms with van der Waals surface area (Å²) in [5.41, 5.74) is 0.573. The Kier molecular flexibility index (Phi) is 4.91. The fourth-order valence-corrected chi connectivity index (χ4v) is 7.82. The minimum Gasteiger partial charge on any atom is -0.466 e. The summed E-state index contributed by atoms with van der Waals surface area (Å²) in [7, 11) is 2.95. The number of hydrogen-bond donors (Lipinski definition) is 0. The number of hydrogen-bond acceptors (Lipinski definition) is 6. The molecule has 1 spiro atoms. The normalized spacial score (nSPS) is 47.4. The number of allylic oxidation sites excluding steroid dienone is 1. The van der Waals surface area contributed by atoms with Crippen molar-refractivity contribution in [1.29, 1.82) is 0 Å². The summed E-state index contributed by atoms with van der Waals surface area (Å²) < 4.78 is 23.2. The number of carbonyl (C=O) groups is 2. The molecule has 0 amide bonds. The van der Waals surface area contributed by atoms with E-state index in [2.05, 4.69) is 6.92 Å². The molecule has 1 saturated heterocycles. The minimum absolute atomic E-state index is 0. The van der Waals surface area contributed by atoms with E-state index in [1.165, 1.54) is 18.8 Å². The Morgan fingerprint density at radius 2 is 1.94 bits per heavy atom. The molecular formula is C25H38O6. The maximum atomic E-state index is 12.2. The standard InChI is InChI=1S/C25H34O6.2H2/c1-23-11-9-18-17-8-6-16(26)13-15(17)5-7-19(18)20(23)10-12-25(23)21(14-22(27)28-3)30-24(2,29-4)31-25;;/h13-14,17-20H,5-12H2,1-4H3;2*1H/b21-14+;;/t17-,18?,19+,20?,23-,24?,25-;;/m0../s1. The number of carbonyl (C=O) groups excluding carboxylic acids is 2. The molecule has 5 rings (SSSR count). The highest BCUT2D eigenvalue weighted by atomic mass is 16.9. The zero-order valence-corrected chi connectivity index (χ0v) is 19.1. The molecule has 4 fully saturated rings. The summed E-state index contributed by atoms with van der Waals surface area (Å²) in [6, 6.07) is 0. The molecule has 5 aliphatic rings. The van der Waals surface area contributed by atoms with E-state index in [-0.39, 0.29) is 8.27 Å². The van der Waals surface area contributed by atoms with Crippen LogP contribution < -0.4 is 0 Å². The minimum atomic E-state index is -1.21. The monoisotopic (exact) mass is 434 g/mol. The van der Waals surface area contributed by atoms with Gasteiger partial charge in [-0.05, 0) is 74.7 Å². The van der Waals surface area contributed by atoms with Crippen LogP contribution in [0.15, 0.2) is 23.5 Å². The van der Waals surface area contributed by atoms with Crippen LogP contribution in [0.4, 0.5) is 0 Å². The number of fused-ring (bicyclic) bond motifs is 6. The molecule has 1 heterocycles. The van der Waals surface area contributed by atoms with E-state index in [0.29, 0.717) is 41.6 Å². The van der Waals surface area contributed by atoms with Crippen molar-refractivity contribution in [2.45, 2.75) is 76.8 Å². The lowest BCUT2D eigenvalue weighted by molar-refractivity contribution is -0.331. The van der Waals surface area contributed by atoms with Crippen molar-refractivity contribution >= 4 is 11.8 Å². The van der Waals surface area contributed by atoms with E-state index in [1.807, 2.05) is 6.08 Å². The fraction of sp³-hybridized carbons (Fsp3) is 0.760. The number of rotatable bonds is 2. The van der Waals surface area contributed by atoms with Crippen LogP contribution >= 0.6 is 0 Å². The molecule has 174 valence electrons. The van der Waals surface area contributed by atoms with Gasteiger partial charge >= 0.3 is 11.9 Å². The second-order valence-corrected chi connectivity index (χ2v) is 10.4. The van der Waals surface area contributed by atoms with Crippen LogP contribution in [0.1, 0.15) is 68.1 Å². The van der Waals surface area contributed by atoms with Gasteiger partial charge in [0.05, 0.1) is 13.2 Å². The van der Waals surface area contributed by atoms with E-state index in [1.54, 1.807) is 14.0 Å².